The van der Waals surface area contributed by atoms with Crippen LogP contribution in [0.1, 0.15) is 37.9 Å². The SMILES string of the molecule is CCOc1ccc2nc(N3C(=O)C(=O)/C(=C(/O)c4ccc5c(c4)OCCO5)C3c3ccc(OCC)c(OCC)c3)sc2c1. The highest BCUT2D eigenvalue weighted by atomic mass is 32.1. The van der Waals surface area contributed by atoms with E-state index in [1.165, 1.54) is 16.2 Å². The summed E-state index contributed by atoms with van der Waals surface area (Å²) in [6.07, 6.45) is 0. The van der Waals surface area contributed by atoms with E-state index < -0.39 is 17.7 Å². The molecule has 222 valence electrons. The largest absolute Gasteiger partial charge is 0.507 e. The Bertz CT molecular complexity index is 1750. The Morgan fingerprint density at radius 1 is 0.907 bits per heavy atom. The Labute approximate surface area is 252 Å². The van der Waals surface area contributed by atoms with Gasteiger partial charge in [0.25, 0.3) is 5.78 Å². The molecule has 2 aliphatic rings. The number of ketones is 1. The Hall–Kier alpha value is -4.77. The maximum Gasteiger partial charge on any atom is 0.301 e. The van der Waals surface area contributed by atoms with Crippen LogP contribution in [0, 0.1) is 0 Å². The van der Waals surface area contributed by atoms with Crippen LogP contribution in [-0.4, -0.2) is 54.8 Å². The van der Waals surface area contributed by atoms with Crippen molar-refractivity contribution in [3.63, 3.8) is 0 Å². The van der Waals surface area contributed by atoms with E-state index in [9.17, 15) is 14.7 Å². The van der Waals surface area contributed by atoms with Crippen LogP contribution in [0.3, 0.4) is 0 Å². The minimum Gasteiger partial charge on any atom is -0.507 e. The van der Waals surface area contributed by atoms with Crippen molar-refractivity contribution < 1.29 is 38.4 Å². The number of Topliss-reactive ketones (excluding diaryl/α,β-unsaturated/α-hetero) is 1. The molecule has 0 aliphatic carbocycles. The first-order valence-corrected chi connectivity index (χ1v) is 14.9. The summed E-state index contributed by atoms with van der Waals surface area (Å²) >= 11 is 1.26. The molecule has 1 saturated heterocycles. The third kappa shape index (κ3) is 5.20. The molecular formula is C32H30N2O8S. The Balaban J connectivity index is 1.53. The van der Waals surface area contributed by atoms with Gasteiger partial charge in [-0.3, -0.25) is 14.5 Å². The average molecular weight is 603 g/mol. The fraction of sp³-hybridized carbons (Fsp3) is 0.281. The van der Waals surface area contributed by atoms with Crippen LogP contribution in [0.15, 0.2) is 60.2 Å². The van der Waals surface area contributed by atoms with Gasteiger partial charge in [-0.1, -0.05) is 17.4 Å². The molecule has 0 saturated carbocycles. The number of carbonyl (C=O) groups is 2. The Kier molecular flexibility index (Phi) is 7.81. The number of hydrogen-bond acceptors (Lipinski definition) is 10. The lowest BCUT2D eigenvalue weighted by Crippen LogP contribution is -2.29. The maximum atomic E-state index is 13.8. The van der Waals surface area contributed by atoms with Crippen molar-refractivity contribution in [3.05, 3.63) is 71.3 Å². The molecule has 1 unspecified atom stereocenters. The van der Waals surface area contributed by atoms with Crippen LogP contribution in [0.4, 0.5) is 5.13 Å². The van der Waals surface area contributed by atoms with E-state index in [1.54, 1.807) is 36.4 Å². The van der Waals surface area contributed by atoms with Crippen molar-refractivity contribution in [2.75, 3.05) is 37.9 Å². The molecule has 4 aromatic rings. The summed E-state index contributed by atoms with van der Waals surface area (Å²) in [5, 5.41) is 12.0. The molecule has 1 N–H and O–H groups in total. The van der Waals surface area contributed by atoms with Crippen molar-refractivity contribution in [1.82, 2.24) is 4.98 Å². The van der Waals surface area contributed by atoms with Crippen LogP contribution in [0.5, 0.6) is 28.7 Å². The number of rotatable bonds is 9. The molecule has 1 atom stereocenters. The Morgan fingerprint density at radius 2 is 1.65 bits per heavy atom. The summed E-state index contributed by atoms with van der Waals surface area (Å²) in [6.45, 7) is 7.71. The molecule has 1 fully saturated rings. The monoisotopic (exact) mass is 602 g/mol. The zero-order valence-electron chi connectivity index (χ0n) is 23.9. The van der Waals surface area contributed by atoms with Crippen LogP contribution in [0.2, 0.25) is 0 Å². The number of amides is 1. The Morgan fingerprint density at radius 3 is 2.42 bits per heavy atom. The second kappa shape index (κ2) is 11.8. The van der Waals surface area contributed by atoms with Crippen molar-refractivity contribution in [1.29, 1.82) is 0 Å². The number of hydrogen-bond donors (Lipinski definition) is 1. The molecule has 1 amide bonds. The maximum absolute atomic E-state index is 13.8. The van der Waals surface area contributed by atoms with Crippen molar-refractivity contribution in [2.24, 2.45) is 0 Å². The molecule has 2 aliphatic heterocycles. The number of ether oxygens (including phenoxy) is 5. The average Bonchev–Trinajstić information content (AvgIpc) is 3.55. The predicted molar refractivity (Wildman–Crippen MR) is 162 cm³/mol. The van der Waals surface area contributed by atoms with Gasteiger partial charge < -0.3 is 28.8 Å². The van der Waals surface area contributed by atoms with Crippen LogP contribution < -0.4 is 28.6 Å². The zero-order valence-corrected chi connectivity index (χ0v) is 24.7. The first kappa shape index (κ1) is 28.4. The molecule has 0 bridgehead atoms. The van der Waals surface area contributed by atoms with E-state index in [4.69, 9.17) is 28.7 Å². The molecule has 43 heavy (non-hydrogen) atoms. The van der Waals surface area contributed by atoms with Gasteiger partial charge in [-0.05, 0) is 74.9 Å². The third-order valence-corrected chi connectivity index (χ3v) is 8.03. The number of benzene rings is 3. The van der Waals surface area contributed by atoms with Gasteiger partial charge in [0.1, 0.15) is 24.7 Å². The van der Waals surface area contributed by atoms with E-state index in [1.807, 2.05) is 39.0 Å². The molecule has 0 spiro atoms. The smallest absolute Gasteiger partial charge is 0.301 e. The first-order valence-electron chi connectivity index (χ1n) is 14.1. The van der Waals surface area contributed by atoms with E-state index in [0.717, 1.165) is 4.70 Å². The highest BCUT2D eigenvalue weighted by Crippen LogP contribution is 2.46. The summed E-state index contributed by atoms with van der Waals surface area (Å²) in [7, 11) is 0. The number of thiazole rings is 1. The van der Waals surface area contributed by atoms with Gasteiger partial charge in [0.15, 0.2) is 28.1 Å². The summed E-state index contributed by atoms with van der Waals surface area (Å²) in [4.78, 5) is 33.6. The number of carbonyl (C=O) groups excluding carboxylic acids is 2. The van der Waals surface area contributed by atoms with Gasteiger partial charge in [0.2, 0.25) is 0 Å². The summed E-state index contributed by atoms with van der Waals surface area (Å²) in [5.74, 6) is 0.659. The number of aromatic nitrogens is 1. The van der Waals surface area contributed by atoms with Crippen molar-refractivity contribution >= 4 is 44.1 Å². The van der Waals surface area contributed by atoms with Gasteiger partial charge in [0, 0.05) is 5.56 Å². The zero-order chi connectivity index (χ0) is 30.1. The molecule has 1 aromatic heterocycles. The van der Waals surface area contributed by atoms with Crippen LogP contribution >= 0.6 is 11.3 Å². The van der Waals surface area contributed by atoms with Crippen LogP contribution in [0.25, 0.3) is 16.0 Å². The van der Waals surface area contributed by atoms with Crippen molar-refractivity contribution in [3.8, 4) is 28.7 Å². The van der Waals surface area contributed by atoms with Gasteiger partial charge >= 0.3 is 5.91 Å². The molecule has 3 aromatic carbocycles. The quantitative estimate of drug-likeness (QED) is 0.142. The lowest BCUT2D eigenvalue weighted by atomic mass is 9.95. The minimum atomic E-state index is -1.00. The van der Waals surface area contributed by atoms with Gasteiger partial charge in [-0.15, -0.1) is 0 Å². The molecular weight excluding hydrogens is 572 g/mol. The standard InChI is InChI=1S/C32H30N2O8S/c1-4-38-20-9-10-21-26(17-20)43-32(33-21)34-28(18-7-11-22(39-5-2)24(15-18)40-6-3)27(30(36)31(34)37)29(35)19-8-12-23-25(16-19)42-14-13-41-23/h7-12,15-17,28,35H,4-6,13-14H2,1-3H3/b29-27+. The normalized spacial score (nSPS) is 17.4. The van der Waals surface area contributed by atoms with Gasteiger partial charge in [-0.25, -0.2) is 4.98 Å². The predicted octanol–water partition coefficient (Wildman–Crippen LogP) is 5.89. The molecule has 10 nitrogen and oxygen atoms in total. The number of aliphatic hydroxyl groups excluding tert-OH is 1. The van der Waals surface area contributed by atoms with Crippen LogP contribution in [-0.2, 0) is 9.59 Å². The van der Waals surface area contributed by atoms with Gasteiger partial charge in [-0.2, -0.15) is 0 Å². The molecule has 0 radical (unpaired) electrons. The highest BCUT2D eigenvalue weighted by molar-refractivity contribution is 7.22. The second-order valence-electron chi connectivity index (χ2n) is 9.66. The van der Waals surface area contributed by atoms with E-state index >= 15 is 0 Å². The number of fused-ring (bicyclic) bond motifs is 2. The second-order valence-corrected chi connectivity index (χ2v) is 10.7. The van der Waals surface area contributed by atoms with E-state index in [0.29, 0.717) is 83.6 Å². The topological polar surface area (TPSA) is 117 Å². The first-order chi connectivity index (χ1) is 20.9. The molecule has 11 heteroatoms. The summed E-state index contributed by atoms with van der Waals surface area (Å²) in [6, 6.07) is 14.6. The summed E-state index contributed by atoms with van der Waals surface area (Å²) in [5.41, 5.74) is 1.42. The fourth-order valence-corrected chi connectivity index (χ4v) is 6.20. The highest BCUT2D eigenvalue weighted by Gasteiger charge is 2.48. The van der Waals surface area contributed by atoms with Crippen molar-refractivity contribution in [2.45, 2.75) is 26.8 Å². The minimum absolute atomic E-state index is 0.0810. The lowest BCUT2D eigenvalue weighted by molar-refractivity contribution is -0.132. The number of anilines is 1. The van der Waals surface area contributed by atoms with Gasteiger partial charge in [0.05, 0.1) is 41.7 Å². The number of nitrogens with zero attached hydrogens (tertiary/aromatic N) is 2. The number of aliphatic hydroxyl groups is 1. The van der Waals surface area contributed by atoms with E-state index in [-0.39, 0.29) is 11.3 Å². The third-order valence-electron chi connectivity index (χ3n) is 7.01. The van der Waals surface area contributed by atoms with E-state index in [2.05, 4.69) is 0 Å². The lowest BCUT2D eigenvalue weighted by Gasteiger charge is -2.24. The molecule has 3 heterocycles. The summed E-state index contributed by atoms with van der Waals surface area (Å²) < 4.78 is 29.3. The molecule has 6 rings (SSSR count). The fourth-order valence-electron chi connectivity index (χ4n) is 5.18.